The lowest BCUT2D eigenvalue weighted by Crippen LogP contribution is -2.30. The average molecular weight is 423 g/mol. The van der Waals surface area contributed by atoms with Crippen molar-refractivity contribution in [2.24, 2.45) is 7.05 Å². The number of anilines is 1. The van der Waals surface area contributed by atoms with Crippen LogP contribution in [0.1, 0.15) is 18.1 Å². The van der Waals surface area contributed by atoms with E-state index in [0.717, 1.165) is 18.9 Å². The Kier molecular flexibility index (Phi) is 5.66. The van der Waals surface area contributed by atoms with Gasteiger partial charge in [0.15, 0.2) is 17.7 Å². The van der Waals surface area contributed by atoms with Crippen molar-refractivity contribution < 1.29 is 18.1 Å². The molecule has 4 aromatic rings. The van der Waals surface area contributed by atoms with Crippen molar-refractivity contribution in [2.45, 2.75) is 19.3 Å². The summed E-state index contributed by atoms with van der Waals surface area (Å²) in [5.41, 5.74) is 2.16. The molecule has 0 saturated heterocycles. The maximum absolute atomic E-state index is 13.6. The van der Waals surface area contributed by atoms with Gasteiger partial charge in [0.1, 0.15) is 24.6 Å². The number of halogens is 2. The van der Waals surface area contributed by atoms with Crippen LogP contribution < -0.4 is 14.6 Å². The highest BCUT2D eigenvalue weighted by Gasteiger charge is 2.27. The van der Waals surface area contributed by atoms with Crippen LogP contribution in [-0.4, -0.2) is 26.5 Å². The summed E-state index contributed by atoms with van der Waals surface area (Å²) >= 11 is 0. The number of rotatable bonds is 7. The molecule has 0 amide bonds. The lowest BCUT2D eigenvalue weighted by Gasteiger charge is -2.11. The van der Waals surface area contributed by atoms with Crippen molar-refractivity contribution in [3.05, 3.63) is 72.4 Å². The van der Waals surface area contributed by atoms with Gasteiger partial charge in [0, 0.05) is 37.5 Å². The first-order valence-corrected chi connectivity index (χ1v) is 9.70. The first-order valence-electron chi connectivity index (χ1n) is 9.70. The molecule has 0 bridgehead atoms. The third kappa shape index (κ3) is 4.88. The van der Waals surface area contributed by atoms with E-state index in [2.05, 4.69) is 25.3 Å². The number of fused-ring (bicyclic) bond motifs is 1. The monoisotopic (exact) mass is 423 g/mol. The standard InChI is InChI=1S/C22H21F2N6O/c1-22(23,24)16-8-12-30(2)18(13-16)31-17-5-3-15(4-6-17)7-9-26-20-19-21(29-14-28-20)27-11-10-25-19/h3-6,8,10-14H,7,9H2,1-2H3,(H,26,27,28,29)/q+1. The molecule has 4 rings (SSSR count). The molecule has 0 aliphatic rings. The van der Waals surface area contributed by atoms with Gasteiger partial charge in [-0.25, -0.2) is 28.7 Å². The molecule has 3 aromatic heterocycles. The molecule has 3 heterocycles. The second-order valence-electron chi connectivity index (χ2n) is 7.13. The molecule has 0 spiro atoms. The van der Waals surface area contributed by atoms with E-state index >= 15 is 0 Å². The SMILES string of the molecule is C[n+]1ccc(C(C)(F)F)cc1Oc1ccc(CCNc2ncnc3nccnc23)cc1. The van der Waals surface area contributed by atoms with E-state index in [1.165, 1.54) is 18.5 Å². The Morgan fingerprint density at radius 3 is 2.58 bits per heavy atom. The first kappa shape index (κ1) is 20.5. The van der Waals surface area contributed by atoms with Crippen molar-refractivity contribution in [2.75, 3.05) is 11.9 Å². The largest absolute Gasteiger partial charge is 0.405 e. The van der Waals surface area contributed by atoms with Crippen molar-refractivity contribution in [1.29, 1.82) is 0 Å². The Hall–Kier alpha value is -3.75. The molecular weight excluding hydrogens is 402 g/mol. The van der Waals surface area contributed by atoms with Gasteiger partial charge in [-0.05, 0) is 24.1 Å². The number of hydrogen-bond donors (Lipinski definition) is 1. The molecule has 9 heteroatoms. The van der Waals surface area contributed by atoms with Gasteiger partial charge in [-0.15, -0.1) is 0 Å². The highest BCUT2D eigenvalue weighted by molar-refractivity contribution is 5.81. The maximum atomic E-state index is 13.6. The molecular formula is C22H21F2N6O+. The smallest absolute Gasteiger partial charge is 0.373 e. The average Bonchev–Trinajstić information content (AvgIpc) is 2.76. The molecule has 0 atom stereocenters. The summed E-state index contributed by atoms with van der Waals surface area (Å²) in [4.78, 5) is 16.8. The number of pyridine rings is 1. The minimum absolute atomic E-state index is 0.0924. The number of hydrogen-bond acceptors (Lipinski definition) is 6. The van der Waals surface area contributed by atoms with E-state index in [0.29, 0.717) is 35.2 Å². The van der Waals surface area contributed by atoms with Crippen LogP contribution in [0.2, 0.25) is 0 Å². The Balaban J connectivity index is 1.39. The molecule has 31 heavy (non-hydrogen) atoms. The molecule has 0 unspecified atom stereocenters. The number of nitrogens with one attached hydrogen (secondary N) is 1. The minimum atomic E-state index is -2.93. The summed E-state index contributed by atoms with van der Waals surface area (Å²) in [5, 5.41) is 3.26. The van der Waals surface area contributed by atoms with Gasteiger partial charge in [0.25, 0.3) is 5.92 Å². The fourth-order valence-electron chi connectivity index (χ4n) is 3.02. The number of ether oxygens (including phenoxy) is 1. The topological polar surface area (TPSA) is 76.7 Å². The highest BCUT2D eigenvalue weighted by Crippen LogP contribution is 2.29. The molecule has 0 aliphatic carbocycles. The quantitative estimate of drug-likeness (QED) is 0.456. The molecule has 0 aliphatic heterocycles. The second kappa shape index (κ2) is 8.55. The summed E-state index contributed by atoms with van der Waals surface area (Å²) in [7, 11) is 1.74. The van der Waals surface area contributed by atoms with Gasteiger partial charge >= 0.3 is 5.88 Å². The Morgan fingerprint density at radius 1 is 1.03 bits per heavy atom. The van der Waals surface area contributed by atoms with Gasteiger partial charge < -0.3 is 10.1 Å². The predicted molar refractivity (Wildman–Crippen MR) is 111 cm³/mol. The molecule has 1 aromatic carbocycles. The Morgan fingerprint density at radius 2 is 1.81 bits per heavy atom. The summed E-state index contributed by atoms with van der Waals surface area (Å²) in [5.74, 6) is -1.38. The summed E-state index contributed by atoms with van der Waals surface area (Å²) in [6.45, 7) is 1.51. The summed E-state index contributed by atoms with van der Waals surface area (Å²) < 4.78 is 34.7. The highest BCUT2D eigenvalue weighted by atomic mass is 19.3. The molecule has 158 valence electrons. The van der Waals surface area contributed by atoms with Gasteiger partial charge in [0.2, 0.25) is 0 Å². The lowest BCUT2D eigenvalue weighted by atomic mass is 10.1. The minimum Gasteiger partial charge on any atom is -0.405 e. The lowest BCUT2D eigenvalue weighted by molar-refractivity contribution is -0.676. The van der Waals surface area contributed by atoms with Crippen LogP contribution in [0.15, 0.2) is 61.3 Å². The number of aromatic nitrogens is 5. The van der Waals surface area contributed by atoms with Crippen molar-refractivity contribution >= 4 is 17.0 Å². The van der Waals surface area contributed by atoms with Crippen LogP contribution in [-0.2, 0) is 19.4 Å². The number of alkyl halides is 2. The Bertz CT molecular complexity index is 1190. The van der Waals surface area contributed by atoms with E-state index in [4.69, 9.17) is 4.74 Å². The van der Waals surface area contributed by atoms with Gasteiger partial charge in [-0.3, -0.25) is 0 Å². The van der Waals surface area contributed by atoms with Crippen LogP contribution in [0.25, 0.3) is 11.2 Å². The second-order valence-corrected chi connectivity index (χ2v) is 7.13. The van der Waals surface area contributed by atoms with Crippen LogP contribution >= 0.6 is 0 Å². The Labute approximate surface area is 177 Å². The van der Waals surface area contributed by atoms with Crippen molar-refractivity contribution in [1.82, 2.24) is 19.9 Å². The van der Waals surface area contributed by atoms with E-state index in [9.17, 15) is 8.78 Å². The van der Waals surface area contributed by atoms with Crippen molar-refractivity contribution in [3.63, 3.8) is 0 Å². The normalized spacial score (nSPS) is 11.5. The zero-order valence-corrected chi connectivity index (χ0v) is 17.1. The van der Waals surface area contributed by atoms with E-state index in [1.807, 2.05) is 24.3 Å². The van der Waals surface area contributed by atoms with Gasteiger partial charge in [-0.2, -0.15) is 4.57 Å². The fraction of sp³-hybridized carbons (Fsp3) is 0.227. The fourth-order valence-corrected chi connectivity index (χ4v) is 3.02. The van der Waals surface area contributed by atoms with Crippen LogP contribution in [0, 0.1) is 0 Å². The third-order valence-electron chi connectivity index (χ3n) is 4.73. The maximum Gasteiger partial charge on any atom is 0.373 e. The number of benzene rings is 1. The zero-order valence-electron chi connectivity index (χ0n) is 17.1. The number of aryl methyl sites for hydroxylation is 1. The van der Waals surface area contributed by atoms with E-state index in [1.54, 1.807) is 30.2 Å². The van der Waals surface area contributed by atoms with Gasteiger partial charge in [-0.1, -0.05) is 12.1 Å². The van der Waals surface area contributed by atoms with Crippen LogP contribution in [0.4, 0.5) is 14.6 Å². The predicted octanol–water partition coefficient (Wildman–Crippen LogP) is 3.80. The molecule has 7 nitrogen and oxygen atoms in total. The molecule has 0 fully saturated rings. The van der Waals surface area contributed by atoms with Crippen LogP contribution in [0.3, 0.4) is 0 Å². The van der Waals surface area contributed by atoms with Crippen molar-refractivity contribution in [3.8, 4) is 11.6 Å². The number of nitrogens with zero attached hydrogens (tertiary/aromatic N) is 5. The summed E-state index contributed by atoms with van der Waals surface area (Å²) in [6, 6.07) is 10.2. The summed E-state index contributed by atoms with van der Waals surface area (Å²) in [6.07, 6.45) is 6.95. The molecule has 1 N–H and O–H groups in total. The van der Waals surface area contributed by atoms with Crippen LogP contribution in [0.5, 0.6) is 11.6 Å². The molecule has 0 saturated carbocycles. The molecule has 0 radical (unpaired) electrons. The van der Waals surface area contributed by atoms with E-state index < -0.39 is 5.92 Å². The van der Waals surface area contributed by atoms with E-state index in [-0.39, 0.29) is 5.56 Å². The van der Waals surface area contributed by atoms with Gasteiger partial charge in [0.05, 0.1) is 6.07 Å². The first-order chi connectivity index (χ1) is 14.9. The third-order valence-corrected chi connectivity index (χ3v) is 4.73. The zero-order chi connectivity index (χ0) is 21.8.